The molecule has 1 heterocycles. The monoisotopic (exact) mass is 493 g/mol. The smallest absolute Gasteiger partial charge is 0.193 e. The van der Waals surface area contributed by atoms with Gasteiger partial charge in [0.25, 0.3) is 0 Å². The van der Waals surface area contributed by atoms with Gasteiger partial charge < -0.3 is 15.5 Å². The van der Waals surface area contributed by atoms with Crippen LogP contribution in [0.25, 0.3) is 0 Å². The Morgan fingerprint density at radius 2 is 1.59 bits per heavy atom. The molecule has 0 bridgehead atoms. The number of benzene rings is 3. The molecule has 2 N–H and O–H groups in total. The van der Waals surface area contributed by atoms with Crippen LogP contribution < -0.4 is 15.5 Å². The second-order valence-corrected chi connectivity index (χ2v) is 10.8. The lowest BCUT2D eigenvalue weighted by atomic mass is 9.73. The lowest BCUT2D eigenvalue weighted by Crippen LogP contribution is -2.31. The number of hydrogen-bond donors (Lipinski definition) is 2. The van der Waals surface area contributed by atoms with E-state index in [2.05, 4.69) is 67.5 Å². The SMILES string of the molecule is CCN(CC)c1ccc([C@@H]2Nc3ccc(C(=O)c4ccccc4)cc3NC3=C2C(=O)CC(C)(C)C3)cc1. The van der Waals surface area contributed by atoms with E-state index in [1.54, 1.807) is 0 Å². The summed E-state index contributed by atoms with van der Waals surface area (Å²) < 4.78 is 0. The highest BCUT2D eigenvalue weighted by Gasteiger charge is 2.38. The maximum absolute atomic E-state index is 13.6. The van der Waals surface area contributed by atoms with E-state index in [-0.39, 0.29) is 23.0 Å². The highest BCUT2D eigenvalue weighted by atomic mass is 16.1. The quantitative estimate of drug-likeness (QED) is 0.363. The molecule has 1 aliphatic heterocycles. The van der Waals surface area contributed by atoms with Gasteiger partial charge in [0.1, 0.15) is 0 Å². The third-order valence-electron chi connectivity index (χ3n) is 7.47. The minimum Gasteiger partial charge on any atom is -0.372 e. The van der Waals surface area contributed by atoms with Gasteiger partial charge >= 0.3 is 0 Å². The summed E-state index contributed by atoms with van der Waals surface area (Å²) in [6.45, 7) is 10.5. The molecule has 0 saturated carbocycles. The molecule has 5 nitrogen and oxygen atoms in total. The van der Waals surface area contributed by atoms with Gasteiger partial charge in [-0.25, -0.2) is 0 Å². The van der Waals surface area contributed by atoms with E-state index < -0.39 is 0 Å². The first-order valence-electron chi connectivity index (χ1n) is 13.2. The van der Waals surface area contributed by atoms with E-state index in [9.17, 15) is 9.59 Å². The molecule has 2 aliphatic rings. The van der Waals surface area contributed by atoms with Crippen LogP contribution in [0.15, 0.2) is 84.1 Å². The molecule has 1 aliphatic carbocycles. The third kappa shape index (κ3) is 4.91. The van der Waals surface area contributed by atoms with Crippen LogP contribution in [0.3, 0.4) is 0 Å². The number of rotatable bonds is 6. The van der Waals surface area contributed by atoms with Crippen molar-refractivity contribution in [2.24, 2.45) is 5.41 Å². The molecule has 0 spiro atoms. The second-order valence-electron chi connectivity index (χ2n) is 10.8. The van der Waals surface area contributed by atoms with E-state index in [0.717, 1.165) is 47.7 Å². The summed E-state index contributed by atoms with van der Waals surface area (Å²) in [7, 11) is 0. The standard InChI is InChI=1S/C32H35N3O2/c1-5-35(6-2)24-15-12-21(13-16-24)30-29-27(19-32(3,4)20-28(29)36)33-26-18-23(14-17-25(26)34-30)31(37)22-10-8-7-9-11-22/h7-18,30,33-34H,5-6,19-20H2,1-4H3/t30-/m0/s1. The number of hydrogen-bond acceptors (Lipinski definition) is 5. The highest BCUT2D eigenvalue weighted by Crippen LogP contribution is 2.45. The molecule has 0 radical (unpaired) electrons. The van der Waals surface area contributed by atoms with Crippen LogP contribution in [0.2, 0.25) is 0 Å². The second kappa shape index (κ2) is 9.89. The number of anilines is 3. The van der Waals surface area contributed by atoms with Crippen LogP contribution in [0.4, 0.5) is 17.1 Å². The van der Waals surface area contributed by atoms with Crippen LogP contribution in [0, 0.1) is 5.41 Å². The Hall–Kier alpha value is -3.86. The maximum Gasteiger partial charge on any atom is 0.193 e. The predicted molar refractivity (Wildman–Crippen MR) is 151 cm³/mol. The summed E-state index contributed by atoms with van der Waals surface area (Å²) in [5.41, 5.74) is 6.79. The first kappa shape index (κ1) is 24.8. The van der Waals surface area contributed by atoms with Gasteiger partial charge in [-0.05, 0) is 61.6 Å². The van der Waals surface area contributed by atoms with E-state index >= 15 is 0 Å². The molecule has 3 aromatic rings. The van der Waals surface area contributed by atoms with Crippen molar-refractivity contribution in [1.29, 1.82) is 0 Å². The van der Waals surface area contributed by atoms with Crippen molar-refractivity contribution in [2.45, 2.75) is 46.6 Å². The molecule has 1 atom stereocenters. The van der Waals surface area contributed by atoms with Crippen molar-refractivity contribution in [2.75, 3.05) is 28.6 Å². The first-order valence-corrected chi connectivity index (χ1v) is 13.2. The molecule has 190 valence electrons. The normalized spacial score (nSPS) is 18.2. The summed E-state index contributed by atoms with van der Waals surface area (Å²) in [5, 5.41) is 7.23. The van der Waals surface area contributed by atoms with Gasteiger partial charge in [-0.3, -0.25) is 9.59 Å². The van der Waals surface area contributed by atoms with Crippen molar-refractivity contribution >= 4 is 28.6 Å². The molecule has 37 heavy (non-hydrogen) atoms. The largest absolute Gasteiger partial charge is 0.372 e. The molecule has 0 fully saturated rings. The van der Waals surface area contributed by atoms with Gasteiger partial charge in [-0.15, -0.1) is 0 Å². The summed E-state index contributed by atoms with van der Waals surface area (Å²) in [4.78, 5) is 29.0. The summed E-state index contributed by atoms with van der Waals surface area (Å²) >= 11 is 0. The Balaban J connectivity index is 1.57. The van der Waals surface area contributed by atoms with Crippen LogP contribution in [0.5, 0.6) is 0 Å². The Morgan fingerprint density at radius 3 is 2.27 bits per heavy atom. The number of Topliss-reactive ketones (excluding diaryl/α,β-unsaturated/α-hetero) is 1. The maximum atomic E-state index is 13.6. The highest BCUT2D eigenvalue weighted by molar-refractivity contribution is 6.10. The fraction of sp³-hybridized carbons (Fsp3) is 0.312. The van der Waals surface area contributed by atoms with Gasteiger partial charge in [-0.2, -0.15) is 0 Å². The number of carbonyl (C=O) groups excluding carboxylic acids is 2. The summed E-state index contributed by atoms with van der Waals surface area (Å²) in [6.07, 6.45) is 1.28. The van der Waals surface area contributed by atoms with Crippen LogP contribution in [0.1, 0.15) is 68.1 Å². The topological polar surface area (TPSA) is 61.4 Å². The first-order chi connectivity index (χ1) is 17.8. The molecule has 3 aromatic carbocycles. The van der Waals surface area contributed by atoms with E-state index in [0.29, 0.717) is 17.5 Å². The average molecular weight is 494 g/mol. The number of carbonyl (C=O) groups is 2. The zero-order valence-electron chi connectivity index (χ0n) is 22.1. The Kier molecular flexibility index (Phi) is 6.63. The Morgan fingerprint density at radius 1 is 0.892 bits per heavy atom. The molecule has 0 unspecified atom stereocenters. The number of ketones is 2. The van der Waals surface area contributed by atoms with Gasteiger partial charge in [0.05, 0.1) is 17.4 Å². The van der Waals surface area contributed by atoms with E-state index in [1.165, 1.54) is 5.69 Å². The van der Waals surface area contributed by atoms with E-state index in [4.69, 9.17) is 0 Å². The number of nitrogens with zero attached hydrogens (tertiary/aromatic N) is 1. The Labute approximate surface area is 219 Å². The zero-order valence-corrected chi connectivity index (χ0v) is 22.1. The molecule has 5 rings (SSSR count). The lowest BCUT2D eigenvalue weighted by Gasteiger charge is -2.34. The minimum atomic E-state index is -0.270. The fourth-order valence-electron chi connectivity index (χ4n) is 5.56. The van der Waals surface area contributed by atoms with Crippen molar-refractivity contribution in [1.82, 2.24) is 0 Å². The van der Waals surface area contributed by atoms with Crippen molar-refractivity contribution < 1.29 is 9.59 Å². The van der Waals surface area contributed by atoms with Crippen molar-refractivity contribution in [3.8, 4) is 0 Å². The van der Waals surface area contributed by atoms with Crippen molar-refractivity contribution in [3.63, 3.8) is 0 Å². The van der Waals surface area contributed by atoms with Crippen LogP contribution >= 0.6 is 0 Å². The molecular weight excluding hydrogens is 458 g/mol. The fourth-order valence-corrected chi connectivity index (χ4v) is 5.56. The molecule has 0 saturated heterocycles. The zero-order chi connectivity index (χ0) is 26.2. The minimum absolute atomic E-state index is 0.0211. The number of nitrogens with one attached hydrogen (secondary N) is 2. The third-order valence-corrected chi connectivity index (χ3v) is 7.47. The van der Waals surface area contributed by atoms with Gasteiger partial charge in [0, 0.05) is 47.6 Å². The van der Waals surface area contributed by atoms with Crippen LogP contribution in [-0.2, 0) is 4.79 Å². The van der Waals surface area contributed by atoms with E-state index in [1.807, 2.05) is 48.5 Å². The number of allylic oxidation sites excluding steroid dienone is 1. The van der Waals surface area contributed by atoms with Gasteiger partial charge in [-0.1, -0.05) is 56.3 Å². The average Bonchev–Trinajstić information content (AvgIpc) is 3.05. The van der Waals surface area contributed by atoms with Crippen molar-refractivity contribution in [3.05, 3.63) is 101 Å². The summed E-state index contributed by atoms with van der Waals surface area (Å²) in [6, 6.07) is 23.3. The number of fused-ring (bicyclic) bond motifs is 1. The summed E-state index contributed by atoms with van der Waals surface area (Å²) in [5.74, 6) is 0.143. The molecule has 0 aromatic heterocycles. The van der Waals surface area contributed by atoms with Crippen LogP contribution in [-0.4, -0.2) is 24.7 Å². The van der Waals surface area contributed by atoms with Gasteiger partial charge in [0.2, 0.25) is 0 Å². The molecular formula is C32H35N3O2. The molecule has 0 amide bonds. The predicted octanol–water partition coefficient (Wildman–Crippen LogP) is 6.99. The van der Waals surface area contributed by atoms with Gasteiger partial charge in [0.15, 0.2) is 11.6 Å². The lowest BCUT2D eigenvalue weighted by molar-refractivity contribution is -0.118. The Bertz CT molecular complexity index is 1350. The molecule has 5 heteroatoms.